The summed E-state index contributed by atoms with van der Waals surface area (Å²) in [5.74, 6) is 0.534. The SMILES string of the molecule is Cc1cccc(C(=O)Nc2cccc(C(C)Oc3cc(Cl)cnc3N)c2)c1. The molecule has 0 aliphatic heterocycles. The number of aryl methyl sites for hydroxylation is 1. The minimum Gasteiger partial charge on any atom is -0.482 e. The van der Waals surface area contributed by atoms with E-state index in [2.05, 4.69) is 10.3 Å². The molecule has 3 aromatic rings. The van der Waals surface area contributed by atoms with E-state index in [0.29, 0.717) is 22.0 Å². The molecule has 0 aliphatic carbocycles. The van der Waals surface area contributed by atoms with Crippen LogP contribution in [0.15, 0.2) is 60.8 Å². The Morgan fingerprint density at radius 3 is 2.74 bits per heavy atom. The van der Waals surface area contributed by atoms with Crippen LogP contribution in [0.25, 0.3) is 0 Å². The Kier molecular flexibility index (Phi) is 5.62. The number of nitrogens with zero attached hydrogens (tertiary/aromatic N) is 1. The highest BCUT2D eigenvalue weighted by molar-refractivity contribution is 6.30. The van der Waals surface area contributed by atoms with Crippen molar-refractivity contribution in [1.29, 1.82) is 0 Å². The molecule has 0 spiro atoms. The van der Waals surface area contributed by atoms with Crippen LogP contribution in [0.4, 0.5) is 11.5 Å². The van der Waals surface area contributed by atoms with Crippen molar-refractivity contribution in [3.63, 3.8) is 0 Å². The van der Waals surface area contributed by atoms with Crippen LogP contribution >= 0.6 is 11.6 Å². The number of nitrogen functional groups attached to an aromatic ring is 1. The summed E-state index contributed by atoms with van der Waals surface area (Å²) in [7, 11) is 0. The molecular weight excluding hydrogens is 362 g/mol. The lowest BCUT2D eigenvalue weighted by molar-refractivity contribution is 0.102. The molecule has 0 fully saturated rings. The van der Waals surface area contributed by atoms with Crippen LogP contribution in [-0.2, 0) is 0 Å². The highest BCUT2D eigenvalue weighted by atomic mass is 35.5. The molecule has 3 N–H and O–H groups in total. The predicted molar refractivity (Wildman–Crippen MR) is 108 cm³/mol. The molecule has 27 heavy (non-hydrogen) atoms. The third-order valence-electron chi connectivity index (χ3n) is 4.05. The number of carbonyl (C=O) groups is 1. The molecule has 1 aromatic heterocycles. The van der Waals surface area contributed by atoms with Crippen molar-refractivity contribution in [2.45, 2.75) is 20.0 Å². The number of aromatic nitrogens is 1. The summed E-state index contributed by atoms with van der Waals surface area (Å²) >= 11 is 5.95. The van der Waals surface area contributed by atoms with Crippen molar-refractivity contribution in [3.8, 4) is 5.75 Å². The summed E-state index contributed by atoms with van der Waals surface area (Å²) in [6.45, 7) is 3.84. The van der Waals surface area contributed by atoms with Crippen LogP contribution in [0.5, 0.6) is 5.75 Å². The normalized spacial score (nSPS) is 11.7. The molecular formula is C21H20ClN3O2. The van der Waals surface area contributed by atoms with Crippen molar-refractivity contribution in [2.75, 3.05) is 11.1 Å². The fourth-order valence-corrected chi connectivity index (χ4v) is 2.79. The van der Waals surface area contributed by atoms with E-state index in [1.165, 1.54) is 6.20 Å². The van der Waals surface area contributed by atoms with Crippen LogP contribution in [0, 0.1) is 6.92 Å². The first-order valence-corrected chi connectivity index (χ1v) is 8.86. The van der Waals surface area contributed by atoms with Crippen molar-refractivity contribution in [2.24, 2.45) is 0 Å². The molecule has 1 unspecified atom stereocenters. The Labute approximate surface area is 163 Å². The first-order chi connectivity index (χ1) is 12.9. The van der Waals surface area contributed by atoms with E-state index in [9.17, 15) is 4.79 Å². The summed E-state index contributed by atoms with van der Waals surface area (Å²) in [4.78, 5) is 16.4. The van der Waals surface area contributed by atoms with Gasteiger partial charge >= 0.3 is 0 Å². The van der Waals surface area contributed by atoms with Gasteiger partial charge in [0.2, 0.25) is 0 Å². The number of hydrogen-bond acceptors (Lipinski definition) is 4. The van der Waals surface area contributed by atoms with E-state index >= 15 is 0 Å². The fourth-order valence-electron chi connectivity index (χ4n) is 2.64. The van der Waals surface area contributed by atoms with Gasteiger partial charge in [0, 0.05) is 23.5 Å². The molecule has 1 atom stereocenters. The lowest BCUT2D eigenvalue weighted by atomic mass is 10.1. The average molecular weight is 382 g/mol. The van der Waals surface area contributed by atoms with Gasteiger partial charge in [-0.25, -0.2) is 4.98 Å². The van der Waals surface area contributed by atoms with Crippen LogP contribution in [0.3, 0.4) is 0 Å². The average Bonchev–Trinajstić information content (AvgIpc) is 2.65. The topological polar surface area (TPSA) is 77.2 Å². The summed E-state index contributed by atoms with van der Waals surface area (Å²) in [5, 5.41) is 3.36. The van der Waals surface area contributed by atoms with E-state index in [-0.39, 0.29) is 17.8 Å². The van der Waals surface area contributed by atoms with Gasteiger partial charge in [-0.05, 0) is 43.7 Å². The summed E-state index contributed by atoms with van der Waals surface area (Å²) in [5.41, 5.74) is 9.06. The maximum atomic E-state index is 12.4. The Hall–Kier alpha value is -3.05. The van der Waals surface area contributed by atoms with Crippen LogP contribution in [0.1, 0.15) is 34.5 Å². The van der Waals surface area contributed by atoms with E-state index in [4.69, 9.17) is 22.1 Å². The molecule has 138 valence electrons. The molecule has 0 radical (unpaired) electrons. The van der Waals surface area contributed by atoms with E-state index < -0.39 is 0 Å². The number of carbonyl (C=O) groups excluding carboxylic acids is 1. The number of benzene rings is 2. The van der Waals surface area contributed by atoms with E-state index in [1.54, 1.807) is 12.1 Å². The Morgan fingerprint density at radius 1 is 1.19 bits per heavy atom. The maximum absolute atomic E-state index is 12.4. The number of anilines is 2. The van der Waals surface area contributed by atoms with Crippen molar-refractivity contribution < 1.29 is 9.53 Å². The summed E-state index contributed by atoms with van der Waals surface area (Å²) < 4.78 is 5.89. The molecule has 0 saturated carbocycles. The number of nitrogens with two attached hydrogens (primary N) is 1. The largest absolute Gasteiger partial charge is 0.482 e. The van der Waals surface area contributed by atoms with Gasteiger partial charge in [-0.2, -0.15) is 0 Å². The predicted octanol–water partition coefficient (Wildman–Crippen LogP) is 5.02. The van der Waals surface area contributed by atoms with Crippen molar-refractivity contribution >= 4 is 29.0 Å². The molecule has 1 amide bonds. The number of hydrogen-bond donors (Lipinski definition) is 2. The quantitative estimate of drug-likeness (QED) is 0.650. The second kappa shape index (κ2) is 8.10. The second-order valence-electron chi connectivity index (χ2n) is 6.25. The third kappa shape index (κ3) is 4.77. The molecule has 0 aliphatic rings. The van der Waals surface area contributed by atoms with Gasteiger partial charge < -0.3 is 15.8 Å². The number of halogens is 1. The van der Waals surface area contributed by atoms with Crippen LogP contribution in [-0.4, -0.2) is 10.9 Å². The van der Waals surface area contributed by atoms with E-state index in [1.807, 2.05) is 56.3 Å². The van der Waals surface area contributed by atoms with Gasteiger partial charge in [0.15, 0.2) is 11.6 Å². The number of ether oxygens (including phenoxy) is 1. The van der Waals surface area contributed by atoms with E-state index in [0.717, 1.165) is 11.1 Å². The van der Waals surface area contributed by atoms with Crippen molar-refractivity contribution in [1.82, 2.24) is 4.98 Å². The van der Waals surface area contributed by atoms with Crippen LogP contribution in [0.2, 0.25) is 5.02 Å². The molecule has 0 bridgehead atoms. The number of rotatable bonds is 5. The molecule has 2 aromatic carbocycles. The zero-order valence-electron chi connectivity index (χ0n) is 15.1. The van der Waals surface area contributed by atoms with Gasteiger partial charge in [0.1, 0.15) is 6.10 Å². The summed E-state index contributed by atoms with van der Waals surface area (Å²) in [6.07, 6.45) is 1.17. The molecule has 6 heteroatoms. The maximum Gasteiger partial charge on any atom is 0.255 e. The Bertz CT molecular complexity index is 975. The minimum atomic E-state index is -0.302. The first kappa shape index (κ1) is 18.7. The molecule has 3 rings (SSSR count). The Morgan fingerprint density at radius 2 is 1.96 bits per heavy atom. The third-order valence-corrected chi connectivity index (χ3v) is 4.25. The minimum absolute atomic E-state index is 0.160. The molecule has 0 saturated heterocycles. The monoisotopic (exact) mass is 381 g/mol. The van der Waals surface area contributed by atoms with Gasteiger partial charge in [0.25, 0.3) is 5.91 Å². The first-order valence-electron chi connectivity index (χ1n) is 8.48. The number of amides is 1. The van der Waals surface area contributed by atoms with Gasteiger partial charge in [-0.15, -0.1) is 0 Å². The zero-order chi connectivity index (χ0) is 19.4. The van der Waals surface area contributed by atoms with Gasteiger partial charge in [0.05, 0.1) is 5.02 Å². The molecule has 1 heterocycles. The molecule has 5 nitrogen and oxygen atoms in total. The van der Waals surface area contributed by atoms with Gasteiger partial charge in [-0.3, -0.25) is 4.79 Å². The van der Waals surface area contributed by atoms with Crippen LogP contribution < -0.4 is 15.8 Å². The second-order valence-corrected chi connectivity index (χ2v) is 6.68. The van der Waals surface area contributed by atoms with Crippen molar-refractivity contribution in [3.05, 3.63) is 82.5 Å². The van der Waals surface area contributed by atoms with Gasteiger partial charge in [-0.1, -0.05) is 41.4 Å². The number of nitrogens with one attached hydrogen (secondary N) is 1. The fraction of sp³-hybridized carbons (Fsp3) is 0.143. The number of pyridine rings is 1. The summed E-state index contributed by atoms with van der Waals surface area (Å²) in [6, 6.07) is 16.6. The zero-order valence-corrected chi connectivity index (χ0v) is 15.8. The smallest absolute Gasteiger partial charge is 0.255 e. The highest BCUT2D eigenvalue weighted by Gasteiger charge is 2.13. The lowest BCUT2D eigenvalue weighted by Gasteiger charge is -2.17. The standard InChI is InChI=1S/C21H20ClN3O2/c1-13-5-3-7-16(9-13)21(26)25-18-8-4-6-15(10-18)14(2)27-19-11-17(22)12-24-20(19)23/h3-12,14H,1-2H3,(H2,23,24)(H,25,26). The Balaban J connectivity index is 1.74. The lowest BCUT2D eigenvalue weighted by Crippen LogP contribution is -2.12. The highest BCUT2D eigenvalue weighted by Crippen LogP contribution is 2.29.